The molecule has 0 spiro atoms. The molecule has 0 saturated carbocycles. The molecule has 90 valence electrons. The van der Waals surface area contributed by atoms with Gasteiger partial charge in [-0.25, -0.2) is 4.98 Å². The summed E-state index contributed by atoms with van der Waals surface area (Å²) < 4.78 is 5.42. The number of carbonyl (C=O) groups is 1. The first kappa shape index (κ1) is 11.4. The van der Waals surface area contributed by atoms with Crippen LogP contribution in [0.3, 0.4) is 0 Å². The van der Waals surface area contributed by atoms with Gasteiger partial charge in [0.1, 0.15) is 23.3 Å². The molecule has 6 heteroatoms. The Morgan fingerprint density at radius 3 is 3.00 bits per heavy atom. The molecule has 1 atom stereocenters. The van der Waals surface area contributed by atoms with E-state index >= 15 is 0 Å². The molecule has 0 bridgehead atoms. The monoisotopic (exact) mass is 235 g/mol. The Kier molecular flexibility index (Phi) is 2.97. The lowest BCUT2D eigenvalue weighted by Gasteiger charge is -2.02. The van der Waals surface area contributed by atoms with Gasteiger partial charge in [-0.05, 0) is 19.1 Å². The molecule has 4 N–H and O–H groups in total. The molecule has 17 heavy (non-hydrogen) atoms. The van der Waals surface area contributed by atoms with Crippen molar-refractivity contribution >= 4 is 5.97 Å². The van der Waals surface area contributed by atoms with E-state index in [1.165, 1.54) is 0 Å². The van der Waals surface area contributed by atoms with Crippen molar-refractivity contribution in [1.82, 2.24) is 9.97 Å². The largest absolute Gasteiger partial charge is 0.480 e. The average molecular weight is 235 g/mol. The van der Waals surface area contributed by atoms with Crippen LogP contribution in [0, 0.1) is 6.92 Å². The predicted octanol–water partition coefficient (Wildman–Crippen LogP) is 0.933. The number of hydrogen-bond donors (Lipinski definition) is 3. The molecule has 0 amide bonds. The lowest BCUT2D eigenvalue weighted by atomic mass is 10.2. The summed E-state index contributed by atoms with van der Waals surface area (Å²) in [7, 11) is 0. The minimum Gasteiger partial charge on any atom is -0.480 e. The molecular formula is C11H13N3O3. The van der Waals surface area contributed by atoms with Gasteiger partial charge in [-0.2, -0.15) is 0 Å². The first-order chi connectivity index (χ1) is 8.06. The maximum Gasteiger partial charge on any atom is 0.320 e. The number of rotatable bonds is 4. The number of aryl methyl sites for hydroxylation is 1. The van der Waals surface area contributed by atoms with Crippen LogP contribution in [-0.4, -0.2) is 27.1 Å². The number of nitrogens with two attached hydrogens (primary N) is 1. The second-order valence-electron chi connectivity index (χ2n) is 3.80. The third kappa shape index (κ3) is 2.54. The van der Waals surface area contributed by atoms with Crippen molar-refractivity contribution in [2.45, 2.75) is 19.4 Å². The van der Waals surface area contributed by atoms with Crippen molar-refractivity contribution in [3.8, 4) is 11.5 Å². The zero-order valence-electron chi connectivity index (χ0n) is 9.30. The van der Waals surface area contributed by atoms with E-state index in [0.29, 0.717) is 17.3 Å². The van der Waals surface area contributed by atoms with Crippen molar-refractivity contribution in [3.63, 3.8) is 0 Å². The summed E-state index contributed by atoms with van der Waals surface area (Å²) in [5.41, 5.74) is 6.13. The van der Waals surface area contributed by atoms with Gasteiger partial charge in [0.05, 0.1) is 6.20 Å². The molecular weight excluding hydrogens is 222 g/mol. The van der Waals surface area contributed by atoms with Gasteiger partial charge in [0.2, 0.25) is 0 Å². The Morgan fingerprint density at radius 2 is 2.41 bits per heavy atom. The molecule has 0 aromatic carbocycles. The van der Waals surface area contributed by atoms with Gasteiger partial charge >= 0.3 is 5.97 Å². The van der Waals surface area contributed by atoms with Crippen molar-refractivity contribution in [2.75, 3.05) is 0 Å². The summed E-state index contributed by atoms with van der Waals surface area (Å²) in [6, 6.07) is 2.72. The summed E-state index contributed by atoms with van der Waals surface area (Å²) in [4.78, 5) is 17.6. The number of aromatic nitrogens is 2. The second kappa shape index (κ2) is 4.42. The number of imidazole rings is 1. The fourth-order valence-corrected chi connectivity index (χ4v) is 1.47. The molecule has 6 nitrogen and oxygen atoms in total. The molecule has 0 fully saturated rings. The molecule has 2 aromatic rings. The van der Waals surface area contributed by atoms with Gasteiger partial charge in [0, 0.05) is 6.42 Å². The minimum absolute atomic E-state index is 0.162. The Labute approximate surface area is 97.5 Å². The highest BCUT2D eigenvalue weighted by Gasteiger charge is 2.15. The SMILES string of the molecule is Cc1ccc(-c2cnc(CC(N)C(=O)O)[nH]2)o1. The number of aliphatic carboxylic acids is 1. The van der Waals surface area contributed by atoms with Gasteiger partial charge in [0.25, 0.3) is 0 Å². The van der Waals surface area contributed by atoms with Crippen LogP contribution in [0.2, 0.25) is 0 Å². The van der Waals surface area contributed by atoms with Gasteiger partial charge in [0.15, 0.2) is 5.76 Å². The molecule has 2 aromatic heterocycles. The molecule has 1 unspecified atom stereocenters. The highest BCUT2D eigenvalue weighted by molar-refractivity contribution is 5.73. The first-order valence-electron chi connectivity index (χ1n) is 5.15. The zero-order valence-corrected chi connectivity index (χ0v) is 9.30. The van der Waals surface area contributed by atoms with E-state index in [2.05, 4.69) is 9.97 Å². The zero-order chi connectivity index (χ0) is 12.4. The van der Waals surface area contributed by atoms with E-state index < -0.39 is 12.0 Å². The van der Waals surface area contributed by atoms with Crippen molar-refractivity contribution < 1.29 is 14.3 Å². The summed E-state index contributed by atoms with van der Waals surface area (Å²) in [5.74, 6) is 0.962. The van der Waals surface area contributed by atoms with Crippen molar-refractivity contribution in [2.24, 2.45) is 5.73 Å². The van der Waals surface area contributed by atoms with E-state index in [0.717, 1.165) is 5.76 Å². The fraction of sp³-hybridized carbons (Fsp3) is 0.273. The van der Waals surface area contributed by atoms with E-state index in [4.69, 9.17) is 15.3 Å². The standard InChI is InChI=1S/C11H13N3O3/c1-6-2-3-9(17-6)8-5-13-10(14-8)4-7(12)11(15)16/h2-3,5,7H,4,12H2,1H3,(H,13,14)(H,15,16). The minimum atomic E-state index is -1.04. The average Bonchev–Trinajstić information content (AvgIpc) is 2.86. The highest BCUT2D eigenvalue weighted by atomic mass is 16.4. The first-order valence-corrected chi connectivity index (χ1v) is 5.15. The van der Waals surface area contributed by atoms with E-state index in [1.54, 1.807) is 6.20 Å². The fourth-order valence-electron chi connectivity index (χ4n) is 1.47. The van der Waals surface area contributed by atoms with Crippen LogP contribution in [0.25, 0.3) is 11.5 Å². The van der Waals surface area contributed by atoms with Crippen molar-refractivity contribution in [3.05, 3.63) is 29.9 Å². The maximum atomic E-state index is 10.6. The highest BCUT2D eigenvalue weighted by Crippen LogP contribution is 2.19. The third-order valence-electron chi connectivity index (χ3n) is 2.36. The molecule has 0 aliphatic heterocycles. The van der Waals surface area contributed by atoms with E-state index in [9.17, 15) is 4.79 Å². The number of furan rings is 1. The van der Waals surface area contributed by atoms with Gasteiger partial charge in [-0.1, -0.05) is 0 Å². The Bertz CT molecular complexity index is 530. The van der Waals surface area contributed by atoms with Crippen LogP contribution in [-0.2, 0) is 11.2 Å². The number of hydrogen-bond acceptors (Lipinski definition) is 4. The molecule has 0 saturated heterocycles. The predicted molar refractivity (Wildman–Crippen MR) is 60.3 cm³/mol. The lowest BCUT2D eigenvalue weighted by molar-refractivity contribution is -0.138. The number of carboxylic acids is 1. The molecule has 0 aliphatic carbocycles. The number of nitrogens with one attached hydrogen (secondary N) is 1. The maximum absolute atomic E-state index is 10.6. The molecule has 2 heterocycles. The summed E-state index contributed by atoms with van der Waals surface area (Å²) >= 11 is 0. The summed E-state index contributed by atoms with van der Waals surface area (Å²) in [6.07, 6.45) is 1.76. The smallest absolute Gasteiger partial charge is 0.320 e. The summed E-state index contributed by atoms with van der Waals surface area (Å²) in [6.45, 7) is 1.85. The topological polar surface area (TPSA) is 105 Å². The Balaban J connectivity index is 2.13. The number of H-pyrrole nitrogens is 1. The number of carboxylic acid groups (broad SMARTS) is 1. The Hall–Kier alpha value is -2.08. The van der Waals surface area contributed by atoms with Gasteiger partial charge in [-0.15, -0.1) is 0 Å². The second-order valence-corrected chi connectivity index (χ2v) is 3.80. The number of aromatic amines is 1. The van der Waals surface area contributed by atoms with E-state index in [1.807, 2.05) is 19.1 Å². The molecule has 2 rings (SSSR count). The molecule has 0 aliphatic rings. The lowest BCUT2D eigenvalue weighted by Crippen LogP contribution is -2.32. The molecule has 0 radical (unpaired) electrons. The van der Waals surface area contributed by atoms with Gasteiger partial charge in [-0.3, -0.25) is 4.79 Å². The third-order valence-corrected chi connectivity index (χ3v) is 2.36. The van der Waals surface area contributed by atoms with Crippen molar-refractivity contribution in [1.29, 1.82) is 0 Å². The van der Waals surface area contributed by atoms with Gasteiger partial charge < -0.3 is 20.2 Å². The quantitative estimate of drug-likeness (QED) is 0.731. The number of nitrogens with zero attached hydrogens (tertiary/aromatic N) is 1. The van der Waals surface area contributed by atoms with E-state index in [-0.39, 0.29) is 6.42 Å². The van der Waals surface area contributed by atoms with Crippen LogP contribution in [0.15, 0.2) is 22.7 Å². The van der Waals surface area contributed by atoms with Crippen LogP contribution in [0.5, 0.6) is 0 Å². The Morgan fingerprint density at radius 1 is 1.65 bits per heavy atom. The normalized spacial score (nSPS) is 12.6. The van der Waals surface area contributed by atoms with Crippen LogP contribution in [0.1, 0.15) is 11.6 Å². The van der Waals surface area contributed by atoms with Crippen LogP contribution < -0.4 is 5.73 Å². The van der Waals surface area contributed by atoms with Crippen LogP contribution in [0.4, 0.5) is 0 Å². The summed E-state index contributed by atoms with van der Waals surface area (Å²) in [5, 5.41) is 8.69. The van der Waals surface area contributed by atoms with Crippen LogP contribution >= 0.6 is 0 Å².